The largest absolute Gasteiger partial charge is 0.497 e. The fourth-order valence-corrected chi connectivity index (χ4v) is 4.31. The number of nitrogen functional groups attached to an aromatic ring is 1. The van der Waals surface area contributed by atoms with Crippen LogP contribution in [0, 0.1) is 0 Å². The minimum Gasteiger partial charge on any atom is -0.497 e. The van der Waals surface area contributed by atoms with Gasteiger partial charge in [0.15, 0.2) is 0 Å². The highest BCUT2D eigenvalue weighted by molar-refractivity contribution is 7.98. The Morgan fingerprint density at radius 2 is 1.83 bits per heavy atom. The third-order valence-electron chi connectivity index (χ3n) is 4.28. The van der Waals surface area contributed by atoms with E-state index in [1.165, 1.54) is 16.4 Å². The number of hydrogen-bond acceptors (Lipinski definition) is 6. The average molecular weight is 447 g/mol. The van der Waals surface area contributed by atoms with E-state index in [0.717, 1.165) is 22.6 Å². The summed E-state index contributed by atoms with van der Waals surface area (Å²) in [5.74, 6) is 7.98. The number of benzene rings is 2. The normalized spacial score (nSPS) is 11.0. The summed E-state index contributed by atoms with van der Waals surface area (Å²) >= 11 is 13.8. The SMILES string of the molecule is COc1ccc(-c2cc(-c3nnc(SCc4c(Cl)cccc4Cl)n3N)[nH]n2)cc1. The standard InChI is InChI=1S/C19H16Cl2N6OS/c1-28-12-7-5-11(6-8-12)16-9-17(24-23-16)18-25-26-19(27(18)22)29-10-13-14(20)3-2-4-15(13)21/h2-9H,10,22H2,1H3,(H,23,24). The summed E-state index contributed by atoms with van der Waals surface area (Å²) in [6, 6.07) is 14.9. The number of thioether (sulfide) groups is 1. The molecule has 29 heavy (non-hydrogen) atoms. The molecule has 0 aliphatic rings. The van der Waals surface area contributed by atoms with E-state index >= 15 is 0 Å². The maximum Gasteiger partial charge on any atom is 0.210 e. The van der Waals surface area contributed by atoms with E-state index in [-0.39, 0.29) is 0 Å². The Morgan fingerprint density at radius 3 is 2.52 bits per heavy atom. The molecular formula is C19H16Cl2N6OS. The first kappa shape index (κ1) is 19.6. The smallest absolute Gasteiger partial charge is 0.210 e. The van der Waals surface area contributed by atoms with Gasteiger partial charge >= 0.3 is 0 Å². The van der Waals surface area contributed by atoms with Crippen molar-refractivity contribution >= 4 is 35.0 Å². The van der Waals surface area contributed by atoms with Gasteiger partial charge in [-0.25, -0.2) is 4.68 Å². The minimum absolute atomic E-state index is 0.477. The number of nitrogens with zero attached hydrogens (tertiary/aromatic N) is 4. The molecule has 0 saturated carbocycles. The summed E-state index contributed by atoms with van der Waals surface area (Å²) in [5, 5.41) is 17.4. The number of nitrogens with one attached hydrogen (secondary N) is 1. The van der Waals surface area contributed by atoms with Crippen LogP contribution in [-0.2, 0) is 5.75 Å². The maximum absolute atomic E-state index is 6.22. The van der Waals surface area contributed by atoms with Crippen molar-refractivity contribution in [1.82, 2.24) is 25.1 Å². The number of hydrogen-bond donors (Lipinski definition) is 2. The Hall–Kier alpha value is -2.68. The molecule has 2 aromatic carbocycles. The van der Waals surface area contributed by atoms with Crippen molar-refractivity contribution in [3.63, 3.8) is 0 Å². The summed E-state index contributed by atoms with van der Waals surface area (Å²) in [6.45, 7) is 0. The molecule has 0 amide bonds. The predicted molar refractivity (Wildman–Crippen MR) is 116 cm³/mol. The van der Waals surface area contributed by atoms with Crippen LogP contribution in [0.2, 0.25) is 10.0 Å². The van der Waals surface area contributed by atoms with Crippen LogP contribution in [0.25, 0.3) is 22.8 Å². The molecule has 0 aliphatic heterocycles. The fraction of sp³-hybridized carbons (Fsp3) is 0.105. The van der Waals surface area contributed by atoms with Gasteiger partial charge in [-0.1, -0.05) is 41.0 Å². The molecule has 4 aromatic rings. The lowest BCUT2D eigenvalue weighted by atomic mass is 10.1. The molecule has 7 nitrogen and oxygen atoms in total. The van der Waals surface area contributed by atoms with Gasteiger partial charge in [0.05, 0.1) is 12.8 Å². The predicted octanol–water partition coefficient (Wildman–Crippen LogP) is 4.66. The second-order valence-electron chi connectivity index (χ2n) is 6.06. The third kappa shape index (κ3) is 4.05. The van der Waals surface area contributed by atoms with Gasteiger partial charge in [-0.15, -0.1) is 10.2 Å². The van der Waals surface area contributed by atoms with Crippen LogP contribution >= 0.6 is 35.0 Å². The molecular weight excluding hydrogens is 431 g/mol. The van der Waals surface area contributed by atoms with Crippen LogP contribution in [0.3, 0.4) is 0 Å². The Kier molecular flexibility index (Phi) is 5.66. The van der Waals surface area contributed by atoms with Crippen LogP contribution in [0.5, 0.6) is 5.75 Å². The summed E-state index contributed by atoms with van der Waals surface area (Å²) in [5.41, 5.74) is 3.20. The number of rotatable bonds is 6. The molecule has 0 spiro atoms. The van der Waals surface area contributed by atoms with Gasteiger partial charge in [-0.3, -0.25) is 5.10 Å². The van der Waals surface area contributed by atoms with E-state index in [1.54, 1.807) is 25.3 Å². The zero-order valence-corrected chi connectivity index (χ0v) is 17.6. The second kappa shape index (κ2) is 8.36. The molecule has 0 radical (unpaired) electrons. The van der Waals surface area contributed by atoms with Crippen LogP contribution in [0.1, 0.15) is 5.56 Å². The highest BCUT2D eigenvalue weighted by Gasteiger charge is 2.16. The third-order valence-corrected chi connectivity index (χ3v) is 5.95. The lowest BCUT2D eigenvalue weighted by molar-refractivity contribution is 0.415. The topological polar surface area (TPSA) is 94.6 Å². The Morgan fingerprint density at radius 1 is 1.10 bits per heavy atom. The van der Waals surface area contributed by atoms with E-state index in [2.05, 4.69) is 20.4 Å². The van der Waals surface area contributed by atoms with Crippen molar-refractivity contribution in [2.45, 2.75) is 10.9 Å². The Labute approximate surface area is 181 Å². The monoisotopic (exact) mass is 446 g/mol. The summed E-state index contributed by atoms with van der Waals surface area (Å²) in [4.78, 5) is 0. The number of nitrogens with two attached hydrogens (primary N) is 1. The zero-order valence-electron chi connectivity index (χ0n) is 15.3. The van der Waals surface area contributed by atoms with Crippen molar-refractivity contribution in [2.24, 2.45) is 0 Å². The van der Waals surface area contributed by atoms with Gasteiger partial charge in [0.1, 0.15) is 11.4 Å². The van der Waals surface area contributed by atoms with Crippen molar-refractivity contribution in [3.05, 3.63) is 64.1 Å². The number of H-pyrrole nitrogens is 1. The molecule has 0 aliphatic carbocycles. The van der Waals surface area contributed by atoms with Crippen molar-refractivity contribution < 1.29 is 4.74 Å². The Balaban J connectivity index is 1.53. The molecule has 4 rings (SSSR count). The van der Waals surface area contributed by atoms with Crippen molar-refractivity contribution in [3.8, 4) is 28.5 Å². The molecule has 0 saturated heterocycles. The highest BCUT2D eigenvalue weighted by atomic mass is 35.5. The van der Waals surface area contributed by atoms with E-state index in [4.69, 9.17) is 33.8 Å². The van der Waals surface area contributed by atoms with Gasteiger partial charge in [-0.05, 0) is 48.0 Å². The van der Waals surface area contributed by atoms with E-state index in [9.17, 15) is 0 Å². The number of aromatic nitrogens is 5. The van der Waals surface area contributed by atoms with Crippen molar-refractivity contribution in [2.75, 3.05) is 13.0 Å². The van der Waals surface area contributed by atoms with Crippen LogP contribution in [0.4, 0.5) is 0 Å². The highest BCUT2D eigenvalue weighted by Crippen LogP contribution is 2.32. The van der Waals surface area contributed by atoms with E-state index in [1.807, 2.05) is 30.3 Å². The number of ether oxygens (including phenoxy) is 1. The molecule has 148 valence electrons. The summed E-state index contributed by atoms with van der Waals surface area (Å²) in [6.07, 6.45) is 0. The lowest BCUT2D eigenvalue weighted by Crippen LogP contribution is -2.11. The fourth-order valence-electron chi connectivity index (χ4n) is 2.71. The molecule has 2 aromatic heterocycles. The van der Waals surface area contributed by atoms with E-state index < -0.39 is 0 Å². The van der Waals surface area contributed by atoms with Gasteiger partial charge in [0.25, 0.3) is 0 Å². The zero-order chi connectivity index (χ0) is 20.4. The van der Waals surface area contributed by atoms with Crippen molar-refractivity contribution in [1.29, 1.82) is 0 Å². The van der Waals surface area contributed by atoms with Gasteiger partial charge in [-0.2, -0.15) is 5.10 Å². The van der Waals surface area contributed by atoms with E-state index in [0.29, 0.717) is 32.5 Å². The first-order valence-corrected chi connectivity index (χ1v) is 10.3. The number of methoxy groups -OCH3 is 1. The first-order valence-electron chi connectivity index (χ1n) is 8.53. The first-order chi connectivity index (χ1) is 14.1. The van der Waals surface area contributed by atoms with Crippen LogP contribution in [0.15, 0.2) is 53.7 Å². The molecule has 10 heteroatoms. The molecule has 0 fully saturated rings. The van der Waals surface area contributed by atoms with Gasteiger partial charge in [0, 0.05) is 21.4 Å². The molecule has 2 heterocycles. The van der Waals surface area contributed by atoms with Gasteiger partial charge in [0.2, 0.25) is 11.0 Å². The maximum atomic E-state index is 6.22. The van der Waals surface area contributed by atoms with Gasteiger partial charge < -0.3 is 10.6 Å². The van der Waals surface area contributed by atoms with Crippen LogP contribution < -0.4 is 10.6 Å². The summed E-state index contributed by atoms with van der Waals surface area (Å²) in [7, 11) is 1.63. The molecule has 0 bridgehead atoms. The Bertz CT molecular complexity index is 1120. The minimum atomic E-state index is 0.477. The lowest BCUT2D eigenvalue weighted by Gasteiger charge is -2.06. The second-order valence-corrected chi connectivity index (χ2v) is 7.82. The molecule has 3 N–H and O–H groups in total. The quantitative estimate of drug-likeness (QED) is 0.330. The number of aromatic amines is 1. The average Bonchev–Trinajstić information content (AvgIpc) is 3.35. The molecule has 0 unspecified atom stereocenters. The molecule has 0 atom stereocenters. The number of halogens is 2. The summed E-state index contributed by atoms with van der Waals surface area (Å²) < 4.78 is 6.60. The van der Waals surface area contributed by atoms with Crippen LogP contribution in [-0.4, -0.2) is 32.2 Å².